The Kier molecular flexibility index (Phi) is 5.73. The third-order valence-electron chi connectivity index (χ3n) is 4.11. The number of pyridine rings is 1. The number of aromatic nitrogens is 1. The molecule has 2 rings (SSSR count). The SMILES string of the molecule is CCNc1nc(NCC2CCCCC2CO)c(F)cc1F. The first-order valence-electron chi connectivity index (χ1n) is 7.60. The molecule has 0 spiro atoms. The topological polar surface area (TPSA) is 57.2 Å². The minimum absolute atomic E-state index is 0.0590. The molecule has 0 amide bonds. The molecule has 6 heteroatoms. The van der Waals surface area contributed by atoms with E-state index in [2.05, 4.69) is 15.6 Å². The molecule has 1 aromatic rings. The van der Waals surface area contributed by atoms with Gasteiger partial charge in [0.05, 0.1) is 0 Å². The van der Waals surface area contributed by atoms with Crippen molar-refractivity contribution in [1.82, 2.24) is 4.98 Å². The van der Waals surface area contributed by atoms with Crippen LogP contribution in [-0.4, -0.2) is 29.8 Å². The fraction of sp³-hybridized carbons (Fsp3) is 0.667. The smallest absolute Gasteiger partial charge is 0.168 e. The van der Waals surface area contributed by atoms with Crippen LogP contribution in [0.15, 0.2) is 6.07 Å². The summed E-state index contributed by atoms with van der Waals surface area (Å²) in [5, 5.41) is 15.1. The lowest BCUT2D eigenvalue weighted by Gasteiger charge is -2.30. The Hall–Kier alpha value is -1.43. The normalized spacial score (nSPS) is 22.1. The molecule has 0 radical (unpaired) electrons. The number of nitrogens with one attached hydrogen (secondary N) is 2. The quantitative estimate of drug-likeness (QED) is 0.756. The maximum atomic E-state index is 13.8. The molecular weight excluding hydrogens is 276 g/mol. The Labute approximate surface area is 124 Å². The molecule has 4 nitrogen and oxygen atoms in total. The summed E-state index contributed by atoms with van der Waals surface area (Å²) in [7, 11) is 0. The highest BCUT2D eigenvalue weighted by molar-refractivity contribution is 5.47. The Morgan fingerprint density at radius 1 is 1.14 bits per heavy atom. The van der Waals surface area contributed by atoms with Crippen LogP contribution in [0, 0.1) is 23.5 Å². The Balaban J connectivity index is 2.03. The summed E-state index contributed by atoms with van der Waals surface area (Å²) in [4.78, 5) is 3.96. The van der Waals surface area contributed by atoms with Crippen molar-refractivity contribution in [3.63, 3.8) is 0 Å². The number of aliphatic hydroxyl groups is 1. The number of rotatable bonds is 6. The summed E-state index contributed by atoms with van der Waals surface area (Å²) in [6.45, 7) is 3.05. The van der Waals surface area contributed by atoms with Gasteiger partial charge in [-0.05, 0) is 31.6 Å². The van der Waals surface area contributed by atoms with Crippen molar-refractivity contribution in [1.29, 1.82) is 0 Å². The lowest BCUT2D eigenvalue weighted by molar-refractivity contribution is 0.141. The maximum Gasteiger partial charge on any atom is 0.168 e. The first kappa shape index (κ1) is 15.9. The first-order chi connectivity index (χ1) is 10.2. The largest absolute Gasteiger partial charge is 0.396 e. The fourth-order valence-electron chi connectivity index (χ4n) is 2.90. The molecule has 0 aliphatic heterocycles. The number of anilines is 2. The zero-order chi connectivity index (χ0) is 15.2. The summed E-state index contributed by atoms with van der Waals surface area (Å²) in [5.74, 6) is -0.699. The van der Waals surface area contributed by atoms with Crippen molar-refractivity contribution in [2.24, 2.45) is 11.8 Å². The average molecular weight is 299 g/mol. The van der Waals surface area contributed by atoms with E-state index >= 15 is 0 Å². The standard InChI is InChI=1S/C15H23F2N3O/c1-2-18-14-12(16)7-13(17)15(20-14)19-8-10-5-3-4-6-11(10)9-21/h7,10-11,21H,2-6,8-9H2,1H3,(H2,18,19,20). The van der Waals surface area contributed by atoms with E-state index in [-0.39, 0.29) is 24.2 Å². The number of halogens is 2. The third kappa shape index (κ3) is 4.03. The predicted octanol–water partition coefficient (Wildman–Crippen LogP) is 3.00. The molecule has 3 N–H and O–H groups in total. The van der Waals surface area contributed by atoms with Crippen molar-refractivity contribution in [2.45, 2.75) is 32.6 Å². The van der Waals surface area contributed by atoms with Gasteiger partial charge in [0, 0.05) is 25.8 Å². The molecular formula is C15H23F2N3O. The van der Waals surface area contributed by atoms with Crippen molar-refractivity contribution < 1.29 is 13.9 Å². The second-order valence-corrected chi connectivity index (χ2v) is 5.55. The second kappa shape index (κ2) is 7.54. The van der Waals surface area contributed by atoms with E-state index in [9.17, 15) is 13.9 Å². The Morgan fingerprint density at radius 2 is 1.76 bits per heavy atom. The van der Waals surface area contributed by atoms with Crippen LogP contribution in [0.25, 0.3) is 0 Å². The van der Waals surface area contributed by atoms with Gasteiger partial charge in [-0.25, -0.2) is 13.8 Å². The lowest BCUT2D eigenvalue weighted by Crippen LogP contribution is -2.29. The van der Waals surface area contributed by atoms with Crippen LogP contribution in [0.3, 0.4) is 0 Å². The molecule has 1 saturated carbocycles. The third-order valence-corrected chi connectivity index (χ3v) is 4.11. The van der Waals surface area contributed by atoms with Gasteiger partial charge in [-0.15, -0.1) is 0 Å². The molecule has 1 aliphatic carbocycles. The summed E-state index contributed by atoms with van der Waals surface area (Å²) in [5.41, 5.74) is 0. The molecule has 2 atom stereocenters. The van der Waals surface area contributed by atoms with E-state index in [0.29, 0.717) is 19.0 Å². The summed E-state index contributed by atoms with van der Waals surface area (Å²) < 4.78 is 27.3. The predicted molar refractivity (Wildman–Crippen MR) is 79.3 cm³/mol. The highest BCUT2D eigenvalue weighted by Crippen LogP contribution is 2.30. The average Bonchev–Trinajstić information content (AvgIpc) is 2.49. The van der Waals surface area contributed by atoms with Crippen LogP contribution in [-0.2, 0) is 0 Å². The maximum absolute atomic E-state index is 13.8. The van der Waals surface area contributed by atoms with E-state index in [0.717, 1.165) is 31.7 Å². The molecule has 21 heavy (non-hydrogen) atoms. The molecule has 118 valence electrons. The zero-order valence-electron chi connectivity index (χ0n) is 12.3. The molecule has 1 heterocycles. The van der Waals surface area contributed by atoms with Crippen molar-refractivity contribution >= 4 is 11.6 Å². The molecule has 0 bridgehead atoms. The Bertz CT molecular complexity index is 470. The first-order valence-corrected chi connectivity index (χ1v) is 7.60. The number of hydrogen-bond donors (Lipinski definition) is 3. The van der Waals surface area contributed by atoms with Crippen LogP contribution in [0.2, 0.25) is 0 Å². The number of nitrogens with zero attached hydrogens (tertiary/aromatic N) is 1. The van der Waals surface area contributed by atoms with Gasteiger partial charge in [-0.3, -0.25) is 0 Å². The lowest BCUT2D eigenvalue weighted by atomic mass is 9.79. The van der Waals surface area contributed by atoms with E-state index in [1.165, 1.54) is 0 Å². The Morgan fingerprint density at radius 3 is 2.38 bits per heavy atom. The monoisotopic (exact) mass is 299 g/mol. The van der Waals surface area contributed by atoms with Crippen LogP contribution < -0.4 is 10.6 Å². The summed E-state index contributed by atoms with van der Waals surface area (Å²) in [6.07, 6.45) is 4.28. The van der Waals surface area contributed by atoms with Crippen molar-refractivity contribution in [2.75, 3.05) is 30.3 Å². The highest BCUT2D eigenvalue weighted by Gasteiger charge is 2.24. The summed E-state index contributed by atoms with van der Waals surface area (Å²) in [6, 6.07) is 0.845. The van der Waals surface area contributed by atoms with Crippen LogP contribution in [0.5, 0.6) is 0 Å². The molecule has 0 saturated heterocycles. The summed E-state index contributed by atoms with van der Waals surface area (Å²) >= 11 is 0. The van der Waals surface area contributed by atoms with Gasteiger partial charge >= 0.3 is 0 Å². The van der Waals surface area contributed by atoms with Crippen LogP contribution in [0.1, 0.15) is 32.6 Å². The van der Waals surface area contributed by atoms with Crippen molar-refractivity contribution in [3.8, 4) is 0 Å². The number of aliphatic hydroxyl groups excluding tert-OH is 1. The molecule has 0 aromatic carbocycles. The molecule has 1 fully saturated rings. The van der Waals surface area contributed by atoms with Crippen molar-refractivity contribution in [3.05, 3.63) is 17.7 Å². The highest BCUT2D eigenvalue weighted by atomic mass is 19.1. The van der Waals surface area contributed by atoms with Gasteiger partial charge in [0.15, 0.2) is 23.3 Å². The van der Waals surface area contributed by atoms with Crippen LogP contribution >= 0.6 is 0 Å². The van der Waals surface area contributed by atoms with Crippen LogP contribution in [0.4, 0.5) is 20.4 Å². The second-order valence-electron chi connectivity index (χ2n) is 5.55. The van der Waals surface area contributed by atoms with Gasteiger partial charge in [0.1, 0.15) is 0 Å². The van der Waals surface area contributed by atoms with E-state index in [1.54, 1.807) is 0 Å². The molecule has 1 aliphatic rings. The van der Waals surface area contributed by atoms with Gasteiger partial charge in [0.2, 0.25) is 0 Å². The van der Waals surface area contributed by atoms with Gasteiger partial charge in [0.25, 0.3) is 0 Å². The van der Waals surface area contributed by atoms with E-state index in [4.69, 9.17) is 0 Å². The molecule has 1 aromatic heterocycles. The zero-order valence-corrected chi connectivity index (χ0v) is 12.3. The van der Waals surface area contributed by atoms with Gasteiger partial charge in [-0.1, -0.05) is 12.8 Å². The number of hydrogen-bond acceptors (Lipinski definition) is 4. The van der Waals surface area contributed by atoms with Gasteiger partial charge in [-0.2, -0.15) is 0 Å². The minimum Gasteiger partial charge on any atom is -0.396 e. The minimum atomic E-state index is -0.689. The van der Waals surface area contributed by atoms with Gasteiger partial charge < -0.3 is 15.7 Å². The van der Waals surface area contributed by atoms with E-state index < -0.39 is 11.6 Å². The molecule has 2 unspecified atom stereocenters. The van der Waals surface area contributed by atoms with E-state index in [1.807, 2.05) is 6.92 Å². The fourth-order valence-corrected chi connectivity index (χ4v) is 2.90.